The van der Waals surface area contributed by atoms with Crippen molar-refractivity contribution in [1.29, 1.82) is 0 Å². The Bertz CT molecular complexity index is 343. The molecule has 0 bridgehead atoms. The molecule has 1 aliphatic rings. The number of hydrogen-bond donors (Lipinski definition) is 1. The van der Waals surface area contributed by atoms with Gasteiger partial charge in [-0.1, -0.05) is 5.16 Å². The lowest BCUT2D eigenvalue weighted by molar-refractivity contribution is 0.00767. The Morgan fingerprint density at radius 1 is 1.62 bits per heavy atom. The smallest absolute Gasteiger partial charge is 0.257 e. The van der Waals surface area contributed by atoms with Gasteiger partial charge in [0.15, 0.2) is 0 Å². The molecule has 2 rings (SSSR count). The van der Waals surface area contributed by atoms with Crippen LogP contribution in [0.1, 0.15) is 37.6 Å². The minimum Gasteiger partial charge on any atom is -0.370 e. The van der Waals surface area contributed by atoms with Gasteiger partial charge in [0.05, 0.1) is 0 Å². The van der Waals surface area contributed by atoms with E-state index in [-0.39, 0.29) is 6.10 Å². The van der Waals surface area contributed by atoms with Crippen LogP contribution in [-0.4, -0.2) is 30.4 Å². The first kappa shape index (κ1) is 11.5. The van der Waals surface area contributed by atoms with Crippen LogP contribution in [0.5, 0.6) is 0 Å². The van der Waals surface area contributed by atoms with Crippen LogP contribution >= 0.6 is 0 Å². The zero-order valence-electron chi connectivity index (χ0n) is 9.60. The van der Waals surface area contributed by atoms with Crippen LogP contribution in [-0.2, 0) is 15.1 Å². The average Bonchev–Trinajstić information content (AvgIpc) is 2.90. The van der Waals surface area contributed by atoms with E-state index in [2.05, 4.69) is 10.1 Å². The van der Waals surface area contributed by atoms with Gasteiger partial charge in [-0.15, -0.1) is 0 Å². The number of hydrogen-bond acceptors (Lipinski definition) is 6. The minimum absolute atomic E-state index is 0.315. The first-order valence-corrected chi connectivity index (χ1v) is 5.40. The van der Waals surface area contributed by atoms with Crippen molar-refractivity contribution in [3.8, 4) is 0 Å². The molecule has 6 nitrogen and oxygen atoms in total. The van der Waals surface area contributed by atoms with Crippen molar-refractivity contribution < 1.29 is 14.0 Å². The van der Waals surface area contributed by atoms with Crippen molar-refractivity contribution in [2.45, 2.75) is 31.5 Å². The maximum Gasteiger partial charge on any atom is 0.257 e. The topological polar surface area (TPSA) is 83.4 Å². The molecule has 0 spiro atoms. The molecule has 0 aromatic carbocycles. The van der Waals surface area contributed by atoms with E-state index in [0.717, 1.165) is 19.4 Å². The van der Waals surface area contributed by atoms with Crippen molar-refractivity contribution in [3.05, 3.63) is 11.7 Å². The highest BCUT2D eigenvalue weighted by atomic mass is 16.5. The average molecular weight is 227 g/mol. The Labute approximate surface area is 94.1 Å². The maximum absolute atomic E-state index is 5.63. The predicted octanol–water partition coefficient (Wildman–Crippen LogP) is 0.741. The van der Waals surface area contributed by atoms with Crippen LogP contribution in [0.3, 0.4) is 0 Å². The summed E-state index contributed by atoms with van der Waals surface area (Å²) in [5.41, 5.74) is 5.10. The predicted molar refractivity (Wildman–Crippen MR) is 55.6 cm³/mol. The standard InChI is InChI=1S/C10H17N3O3/c1-10(4-3-5-15-10)9-12-8(16-13-9)7(6-11)14-2/h7H,3-6,11H2,1-2H3. The molecule has 6 heteroatoms. The summed E-state index contributed by atoms with van der Waals surface area (Å²) >= 11 is 0. The fourth-order valence-corrected chi connectivity index (χ4v) is 1.83. The minimum atomic E-state index is -0.422. The third-order valence-electron chi connectivity index (χ3n) is 2.91. The lowest BCUT2D eigenvalue weighted by Gasteiger charge is -2.17. The third-order valence-corrected chi connectivity index (χ3v) is 2.91. The summed E-state index contributed by atoms with van der Waals surface area (Å²) in [6, 6.07) is 0. The molecule has 0 amide bonds. The Kier molecular flexibility index (Phi) is 3.22. The molecule has 0 aliphatic carbocycles. The molecular formula is C10H17N3O3. The summed E-state index contributed by atoms with van der Waals surface area (Å²) in [5, 5.41) is 3.94. The highest BCUT2D eigenvalue weighted by Gasteiger charge is 2.37. The van der Waals surface area contributed by atoms with E-state index < -0.39 is 5.60 Å². The van der Waals surface area contributed by atoms with Crippen LogP contribution < -0.4 is 5.73 Å². The van der Waals surface area contributed by atoms with Crippen molar-refractivity contribution in [3.63, 3.8) is 0 Å². The van der Waals surface area contributed by atoms with Crippen LogP contribution in [0.4, 0.5) is 0 Å². The molecular weight excluding hydrogens is 210 g/mol. The van der Waals surface area contributed by atoms with Gasteiger partial charge >= 0.3 is 0 Å². The fourth-order valence-electron chi connectivity index (χ4n) is 1.83. The lowest BCUT2D eigenvalue weighted by atomic mass is 10.0. The highest BCUT2D eigenvalue weighted by molar-refractivity contribution is 5.02. The Hall–Kier alpha value is -0.980. The van der Waals surface area contributed by atoms with Gasteiger partial charge in [0.2, 0.25) is 5.82 Å². The highest BCUT2D eigenvalue weighted by Crippen LogP contribution is 2.34. The Morgan fingerprint density at radius 3 is 3.00 bits per heavy atom. The molecule has 1 saturated heterocycles. The van der Waals surface area contributed by atoms with Gasteiger partial charge in [0.25, 0.3) is 5.89 Å². The maximum atomic E-state index is 5.63. The van der Waals surface area contributed by atoms with Crippen molar-refractivity contribution in [2.75, 3.05) is 20.3 Å². The van der Waals surface area contributed by atoms with E-state index in [1.165, 1.54) is 0 Å². The van der Waals surface area contributed by atoms with Crippen LogP contribution in [0.25, 0.3) is 0 Å². The molecule has 16 heavy (non-hydrogen) atoms. The molecule has 1 aliphatic heterocycles. The number of methoxy groups -OCH3 is 1. The fraction of sp³-hybridized carbons (Fsp3) is 0.800. The number of nitrogens with zero attached hydrogens (tertiary/aromatic N) is 2. The summed E-state index contributed by atoms with van der Waals surface area (Å²) in [4.78, 5) is 4.30. The number of rotatable bonds is 4. The molecule has 90 valence electrons. The van der Waals surface area contributed by atoms with Gasteiger partial charge in [0.1, 0.15) is 11.7 Å². The SMILES string of the molecule is COC(CN)c1nc(C2(C)CCCO2)no1. The van der Waals surface area contributed by atoms with E-state index in [4.69, 9.17) is 19.7 Å². The van der Waals surface area contributed by atoms with Crippen LogP contribution in [0.2, 0.25) is 0 Å². The van der Waals surface area contributed by atoms with Crippen molar-refractivity contribution in [1.82, 2.24) is 10.1 Å². The van der Waals surface area contributed by atoms with E-state index in [1.54, 1.807) is 7.11 Å². The number of aromatic nitrogens is 2. The molecule has 1 aromatic rings. The van der Waals surface area contributed by atoms with E-state index in [0.29, 0.717) is 18.3 Å². The van der Waals surface area contributed by atoms with Gasteiger partial charge in [-0.25, -0.2) is 0 Å². The lowest BCUT2D eigenvalue weighted by Crippen LogP contribution is -2.22. The molecule has 2 atom stereocenters. The quantitative estimate of drug-likeness (QED) is 0.816. The molecule has 2 unspecified atom stereocenters. The molecule has 1 aromatic heterocycles. The van der Waals surface area contributed by atoms with E-state index in [1.807, 2.05) is 6.92 Å². The van der Waals surface area contributed by atoms with Gasteiger partial charge in [-0.2, -0.15) is 4.98 Å². The van der Waals surface area contributed by atoms with Crippen LogP contribution in [0.15, 0.2) is 4.52 Å². The largest absolute Gasteiger partial charge is 0.370 e. The monoisotopic (exact) mass is 227 g/mol. The molecule has 1 fully saturated rings. The normalized spacial score (nSPS) is 27.2. The number of ether oxygens (including phenoxy) is 2. The van der Waals surface area contributed by atoms with Gasteiger partial charge in [-0.05, 0) is 19.8 Å². The van der Waals surface area contributed by atoms with Gasteiger partial charge < -0.3 is 19.7 Å². The summed E-state index contributed by atoms with van der Waals surface area (Å²) < 4.78 is 15.9. The first-order valence-electron chi connectivity index (χ1n) is 5.40. The Balaban J connectivity index is 2.18. The van der Waals surface area contributed by atoms with Gasteiger partial charge in [-0.3, -0.25) is 0 Å². The summed E-state index contributed by atoms with van der Waals surface area (Å²) in [5.74, 6) is 0.993. The number of nitrogens with two attached hydrogens (primary N) is 1. The third kappa shape index (κ3) is 1.95. The van der Waals surface area contributed by atoms with Crippen molar-refractivity contribution >= 4 is 0 Å². The van der Waals surface area contributed by atoms with E-state index in [9.17, 15) is 0 Å². The Morgan fingerprint density at radius 2 is 2.44 bits per heavy atom. The molecule has 2 heterocycles. The van der Waals surface area contributed by atoms with E-state index >= 15 is 0 Å². The second kappa shape index (κ2) is 4.48. The molecule has 2 N–H and O–H groups in total. The second-order valence-electron chi connectivity index (χ2n) is 4.10. The zero-order valence-corrected chi connectivity index (χ0v) is 9.60. The first-order chi connectivity index (χ1) is 7.69. The van der Waals surface area contributed by atoms with Crippen LogP contribution in [0, 0.1) is 0 Å². The molecule has 0 radical (unpaired) electrons. The molecule has 0 saturated carbocycles. The van der Waals surface area contributed by atoms with Crippen molar-refractivity contribution in [2.24, 2.45) is 5.73 Å². The second-order valence-corrected chi connectivity index (χ2v) is 4.10. The summed E-state index contributed by atoms with van der Waals surface area (Å²) in [6.45, 7) is 3.03. The van der Waals surface area contributed by atoms with Gasteiger partial charge in [0, 0.05) is 20.3 Å². The summed E-state index contributed by atoms with van der Waals surface area (Å²) in [7, 11) is 1.56. The summed E-state index contributed by atoms with van der Waals surface area (Å²) in [6.07, 6.45) is 1.59. The zero-order chi connectivity index (χ0) is 11.6.